The second-order valence-corrected chi connectivity index (χ2v) is 6.46. The Morgan fingerprint density at radius 1 is 1.40 bits per heavy atom. The third kappa shape index (κ3) is 3.34. The van der Waals surface area contributed by atoms with Crippen molar-refractivity contribution in [3.05, 3.63) is 27.7 Å². The van der Waals surface area contributed by atoms with Gasteiger partial charge in [0.05, 0.1) is 19.3 Å². The van der Waals surface area contributed by atoms with E-state index in [0.717, 1.165) is 56.0 Å². The zero-order chi connectivity index (χ0) is 13.9. The van der Waals surface area contributed by atoms with E-state index < -0.39 is 0 Å². The molecular formula is C15H21BrN2O2. The van der Waals surface area contributed by atoms with E-state index in [9.17, 15) is 0 Å². The fourth-order valence-electron chi connectivity index (χ4n) is 2.90. The van der Waals surface area contributed by atoms with Gasteiger partial charge in [0.15, 0.2) is 0 Å². The van der Waals surface area contributed by atoms with Crippen LogP contribution in [0.1, 0.15) is 11.1 Å². The maximum Gasteiger partial charge on any atom is 0.127 e. The molecule has 110 valence electrons. The van der Waals surface area contributed by atoms with Crippen LogP contribution in [0.3, 0.4) is 0 Å². The molecule has 20 heavy (non-hydrogen) atoms. The maximum atomic E-state index is 5.78. The lowest BCUT2D eigenvalue weighted by Gasteiger charge is -2.28. The topological polar surface area (TPSA) is 33.7 Å². The highest BCUT2D eigenvalue weighted by molar-refractivity contribution is 9.10. The standard InChI is InChI=1S/C15H21BrN2O2/c1-18(10-14-8-17-3-5-19-14)9-12-7-13(16)6-11-2-4-20-15(11)12/h6-7,14,17H,2-5,8-10H2,1H3. The molecule has 0 aliphatic carbocycles. The van der Waals surface area contributed by atoms with Gasteiger partial charge in [-0.3, -0.25) is 4.90 Å². The Morgan fingerprint density at radius 3 is 3.10 bits per heavy atom. The number of ether oxygens (including phenoxy) is 2. The Hall–Kier alpha value is -0.620. The highest BCUT2D eigenvalue weighted by atomic mass is 79.9. The number of halogens is 1. The largest absolute Gasteiger partial charge is 0.493 e. The van der Waals surface area contributed by atoms with E-state index in [1.807, 2.05) is 0 Å². The Morgan fingerprint density at radius 2 is 2.30 bits per heavy atom. The summed E-state index contributed by atoms with van der Waals surface area (Å²) in [6, 6.07) is 4.33. The minimum Gasteiger partial charge on any atom is -0.493 e. The Kier molecular flexibility index (Phi) is 4.61. The lowest BCUT2D eigenvalue weighted by atomic mass is 10.1. The van der Waals surface area contributed by atoms with Crippen LogP contribution < -0.4 is 10.1 Å². The number of benzene rings is 1. The molecular weight excluding hydrogens is 320 g/mol. The van der Waals surface area contributed by atoms with Crippen LogP contribution >= 0.6 is 15.9 Å². The number of rotatable bonds is 4. The minimum atomic E-state index is 0.287. The van der Waals surface area contributed by atoms with Gasteiger partial charge in [0.25, 0.3) is 0 Å². The van der Waals surface area contributed by atoms with Crippen LogP contribution in [0.4, 0.5) is 0 Å². The van der Waals surface area contributed by atoms with E-state index in [4.69, 9.17) is 9.47 Å². The van der Waals surface area contributed by atoms with Crippen molar-refractivity contribution in [3.8, 4) is 5.75 Å². The number of nitrogens with zero attached hydrogens (tertiary/aromatic N) is 1. The van der Waals surface area contributed by atoms with Gasteiger partial charge in [0, 0.05) is 42.6 Å². The van der Waals surface area contributed by atoms with Gasteiger partial charge in [-0.15, -0.1) is 0 Å². The highest BCUT2D eigenvalue weighted by Gasteiger charge is 2.20. The first-order valence-electron chi connectivity index (χ1n) is 7.17. The van der Waals surface area contributed by atoms with Crippen LogP contribution in [-0.4, -0.2) is 50.9 Å². The lowest BCUT2D eigenvalue weighted by Crippen LogP contribution is -2.44. The average molecular weight is 341 g/mol. The molecule has 0 amide bonds. The van der Waals surface area contributed by atoms with Gasteiger partial charge in [-0.1, -0.05) is 15.9 Å². The van der Waals surface area contributed by atoms with E-state index >= 15 is 0 Å². The Labute approximate surface area is 128 Å². The normalized spacial score (nSPS) is 21.9. The molecule has 2 aliphatic rings. The molecule has 0 saturated carbocycles. The van der Waals surface area contributed by atoms with Gasteiger partial charge in [-0.25, -0.2) is 0 Å². The van der Waals surface area contributed by atoms with Gasteiger partial charge in [0.1, 0.15) is 5.75 Å². The SMILES string of the molecule is CN(Cc1cc(Br)cc2c1OCC2)CC1CNCCO1. The summed E-state index contributed by atoms with van der Waals surface area (Å²) in [5.41, 5.74) is 2.58. The summed E-state index contributed by atoms with van der Waals surface area (Å²) in [5.74, 6) is 1.09. The second-order valence-electron chi connectivity index (χ2n) is 5.55. The van der Waals surface area contributed by atoms with Crippen LogP contribution in [0.15, 0.2) is 16.6 Å². The number of morpholine rings is 1. The summed E-state index contributed by atoms with van der Waals surface area (Å²) in [5, 5.41) is 3.37. The Bertz CT molecular complexity index is 475. The molecule has 0 spiro atoms. The molecule has 0 aromatic heterocycles. The van der Waals surface area contributed by atoms with Crippen molar-refractivity contribution in [1.82, 2.24) is 10.2 Å². The molecule has 1 N–H and O–H groups in total. The highest BCUT2D eigenvalue weighted by Crippen LogP contribution is 2.33. The quantitative estimate of drug-likeness (QED) is 0.906. The summed E-state index contributed by atoms with van der Waals surface area (Å²) in [4.78, 5) is 2.31. The van der Waals surface area contributed by atoms with Crippen molar-refractivity contribution in [2.45, 2.75) is 19.1 Å². The molecule has 1 saturated heterocycles. The lowest BCUT2D eigenvalue weighted by molar-refractivity contribution is 0.00875. The molecule has 2 heterocycles. The maximum absolute atomic E-state index is 5.78. The summed E-state index contributed by atoms with van der Waals surface area (Å²) < 4.78 is 12.7. The summed E-state index contributed by atoms with van der Waals surface area (Å²) in [7, 11) is 2.14. The second kappa shape index (κ2) is 6.43. The van der Waals surface area contributed by atoms with Crippen LogP contribution in [0, 0.1) is 0 Å². The molecule has 2 aliphatic heterocycles. The molecule has 1 fully saturated rings. The van der Waals surface area contributed by atoms with Crippen molar-refractivity contribution in [3.63, 3.8) is 0 Å². The predicted molar refractivity (Wildman–Crippen MR) is 82.3 cm³/mol. The van der Waals surface area contributed by atoms with Crippen molar-refractivity contribution in [2.75, 3.05) is 39.9 Å². The minimum absolute atomic E-state index is 0.287. The van der Waals surface area contributed by atoms with E-state index in [-0.39, 0.29) is 6.10 Å². The first-order chi connectivity index (χ1) is 9.72. The molecule has 1 atom stereocenters. The van der Waals surface area contributed by atoms with Crippen LogP contribution in [0.25, 0.3) is 0 Å². The molecule has 4 nitrogen and oxygen atoms in total. The van der Waals surface area contributed by atoms with Crippen LogP contribution in [-0.2, 0) is 17.7 Å². The molecule has 1 aromatic rings. The first-order valence-corrected chi connectivity index (χ1v) is 7.96. The fourth-order valence-corrected chi connectivity index (χ4v) is 3.46. The van der Waals surface area contributed by atoms with E-state index in [2.05, 4.69) is 45.3 Å². The van der Waals surface area contributed by atoms with Gasteiger partial charge in [-0.2, -0.15) is 0 Å². The van der Waals surface area contributed by atoms with Gasteiger partial charge in [0.2, 0.25) is 0 Å². The van der Waals surface area contributed by atoms with E-state index in [1.54, 1.807) is 0 Å². The Balaban J connectivity index is 1.65. The molecule has 0 radical (unpaired) electrons. The predicted octanol–water partition coefficient (Wildman–Crippen LogP) is 1.80. The molecule has 1 unspecified atom stereocenters. The van der Waals surface area contributed by atoms with Crippen molar-refractivity contribution in [2.24, 2.45) is 0 Å². The van der Waals surface area contributed by atoms with E-state index in [0.29, 0.717) is 0 Å². The number of fused-ring (bicyclic) bond motifs is 1. The number of hydrogen-bond donors (Lipinski definition) is 1. The van der Waals surface area contributed by atoms with Gasteiger partial charge >= 0.3 is 0 Å². The zero-order valence-corrected chi connectivity index (χ0v) is 13.4. The average Bonchev–Trinajstić information content (AvgIpc) is 2.88. The zero-order valence-electron chi connectivity index (χ0n) is 11.8. The van der Waals surface area contributed by atoms with Gasteiger partial charge in [-0.05, 0) is 24.7 Å². The molecule has 0 bridgehead atoms. The monoisotopic (exact) mass is 340 g/mol. The van der Waals surface area contributed by atoms with E-state index in [1.165, 1.54) is 11.1 Å². The van der Waals surface area contributed by atoms with Gasteiger partial charge < -0.3 is 14.8 Å². The first kappa shape index (κ1) is 14.3. The van der Waals surface area contributed by atoms with Crippen LogP contribution in [0.5, 0.6) is 5.75 Å². The van der Waals surface area contributed by atoms with Crippen molar-refractivity contribution in [1.29, 1.82) is 0 Å². The summed E-state index contributed by atoms with van der Waals surface area (Å²) >= 11 is 3.60. The summed E-state index contributed by atoms with van der Waals surface area (Å²) in [6.07, 6.45) is 1.30. The number of likely N-dealkylation sites (N-methyl/N-ethyl adjacent to an activating group) is 1. The van der Waals surface area contributed by atoms with Crippen molar-refractivity contribution >= 4 is 15.9 Å². The molecule has 5 heteroatoms. The summed E-state index contributed by atoms with van der Waals surface area (Å²) in [6.45, 7) is 5.35. The van der Waals surface area contributed by atoms with Crippen LogP contribution in [0.2, 0.25) is 0 Å². The number of nitrogens with one attached hydrogen (secondary N) is 1. The third-order valence-corrected chi connectivity index (χ3v) is 4.24. The third-order valence-electron chi connectivity index (χ3n) is 3.79. The molecule has 3 rings (SSSR count). The smallest absolute Gasteiger partial charge is 0.127 e. The molecule has 1 aromatic carbocycles. The van der Waals surface area contributed by atoms with Crippen molar-refractivity contribution < 1.29 is 9.47 Å². The fraction of sp³-hybridized carbons (Fsp3) is 0.600. The number of hydrogen-bond acceptors (Lipinski definition) is 4.